The number of aliphatic hydroxyl groups excluding tert-OH is 1. The number of rotatable bonds is 7. The van der Waals surface area contributed by atoms with Crippen LogP contribution in [-0.4, -0.2) is 24.7 Å². The van der Waals surface area contributed by atoms with Gasteiger partial charge in [-0.2, -0.15) is 0 Å². The van der Waals surface area contributed by atoms with Gasteiger partial charge in [0.25, 0.3) is 0 Å². The zero-order valence-electron chi connectivity index (χ0n) is 13.0. The second-order valence-electron chi connectivity index (χ2n) is 5.22. The van der Waals surface area contributed by atoms with Crippen molar-refractivity contribution in [1.29, 1.82) is 0 Å². The topological polar surface area (TPSA) is 58.6 Å². The Balaban J connectivity index is 1.75. The fourth-order valence-electron chi connectivity index (χ4n) is 2.15. The van der Waals surface area contributed by atoms with Crippen molar-refractivity contribution < 1.29 is 14.6 Å². The SMILES string of the molecule is COc1ccc(C(O)CNC(=O)CCc2ccc(Cl)cc2)cc1. The Morgan fingerprint density at radius 2 is 1.83 bits per heavy atom. The largest absolute Gasteiger partial charge is 0.497 e. The van der Waals surface area contributed by atoms with E-state index in [4.69, 9.17) is 16.3 Å². The Bertz CT molecular complexity index is 626. The molecule has 2 N–H and O–H groups in total. The average Bonchev–Trinajstić information content (AvgIpc) is 2.59. The van der Waals surface area contributed by atoms with Crippen LogP contribution in [0.4, 0.5) is 0 Å². The van der Waals surface area contributed by atoms with Gasteiger partial charge in [-0.15, -0.1) is 0 Å². The Kier molecular flexibility index (Phi) is 6.44. The number of amides is 1. The van der Waals surface area contributed by atoms with Crippen LogP contribution in [0.1, 0.15) is 23.7 Å². The molecule has 23 heavy (non-hydrogen) atoms. The molecule has 2 aromatic rings. The number of carbonyl (C=O) groups excluding carboxylic acids is 1. The number of halogens is 1. The van der Waals surface area contributed by atoms with Crippen molar-refractivity contribution >= 4 is 17.5 Å². The van der Waals surface area contributed by atoms with Crippen LogP contribution in [0, 0.1) is 0 Å². The number of hydrogen-bond donors (Lipinski definition) is 2. The Morgan fingerprint density at radius 3 is 2.43 bits per heavy atom. The fraction of sp³-hybridized carbons (Fsp3) is 0.278. The Hall–Kier alpha value is -2.04. The van der Waals surface area contributed by atoms with Crippen molar-refractivity contribution in [3.05, 3.63) is 64.7 Å². The molecule has 0 saturated carbocycles. The van der Waals surface area contributed by atoms with E-state index in [1.807, 2.05) is 24.3 Å². The van der Waals surface area contributed by atoms with Crippen molar-refractivity contribution in [3.63, 3.8) is 0 Å². The molecule has 1 unspecified atom stereocenters. The second-order valence-corrected chi connectivity index (χ2v) is 5.66. The summed E-state index contributed by atoms with van der Waals surface area (Å²) in [5.41, 5.74) is 1.80. The van der Waals surface area contributed by atoms with Crippen LogP contribution in [0.2, 0.25) is 5.02 Å². The van der Waals surface area contributed by atoms with Crippen molar-refractivity contribution in [2.45, 2.75) is 18.9 Å². The molecule has 0 aliphatic heterocycles. The van der Waals surface area contributed by atoms with Gasteiger partial charge in [0.2, 0.25) is 5.91 Å². The van der Waals surface area contributed by atoms with Crippen LogP contribution in [0.15, 0.2) is 48.5 Å². The minimum absolute atomic E-state index is 0.0903. The van der Waals surface area contributed by atoms with Crippen molar-refractivity contribution in [3.8, 4) is 5.75 Å². The first kappa shape index (κ1) is 17.3. The van der Waals surface area contributed by atoms with Crippen LogP contribution in [0.3, 0.4) is 0 Å². The molecule has 0 bridgehead atoms. The molecule has 1 amide bonds. The molecule has 0 fully saturated rings. The van der Waals surface area contributed by atoms with E-state index >= 15 is 0 Å². The third-order valence-corrected chi connectivity index (χ3v) is 3.80. The number of aliphatic hydroxyl groups is 1. The van der Waals surface area contributed by atoms with Gasteiger partial charge < -0.3 is 15.2 Å². The predicted molar refractivity (Wildman–Crippen MR) is 90.7 cm³/mol. The van der Waals surface area contributed by atoms with E-state index in [1.165, 1.54) is 0 Å². The maximum absolute atomic E-state index is 11.9. The molecule has 0 radical (unpaired) electrons. The lowest BCUT2D eigenvalue weighted by molar-refractivity contribution is -0.121. The monoisotopic (exact) mass is 333 g/mol. The molecule has 0 heterocycles. The lowest BCUT2D eigenvalue weighted by atomic mass is 10.1. The maximum Gasteiger partial charge on any atom is 0.220 e. The summed E-state index contributed by atoms with van der Waals surface area (Å²) in [7, 11) is 1.59. The van der Waals surface area contributed by atoms with Gasteiger partial charge in [0.15, 0.2) is 0 Å². The molecular weight excluding hydrogens is 314 g/mol. The van der Waals surface area contributed by atoms with Gasteiger partial charge in [-0.25, -0.2) is 0 Å². The second kappa shape index (κ2) is 8.56. The molecule has 0 spiro atoms. The Morgan fingerprint density at radius 1 is 1.17 bits per heavy atom. The standard InChI is InChI=1S/C18H20ClNO3/c1-23-16-9-5-14(6-10-16)17(21)12-20-18(22)11-4-13-2-7-15(19)8-3-13/h2-3,5-10,17,21H,4,11-12H2,1H3,(H,20,22). The number of carbonyl (C=O) groups is 1. The number of benzene rings is 2. The molecule has 4 nitrogen and oxygen atoms in total. The normalized spacial score (nSPS) is 11.8. The van der Waals surface area contributed by atoms with Gasteiger partial charge >= 0.3 is 0 Å². The molecule has 122 valence electrons. The highest BCUT2D eigenvalue weighted by molar-refractivity contribution is 6.30. The van der Waals surface area contributed by atoms with E-state index < -0.39 is 6.10 Å². The predicted octanol–water partition coefficient (Wildman–Crippen LogP) is 3.13. The average molecular weight is 334 g/mol. The van der Waals surface area contributed by atoms with Crippen LogP contribution in [0.5, 0.6) is 5.75 Å². The van der Waals surface area contributed by atoms with Crippen LogP contribution in [0.25, 0.3) is 0 Å². The van der Waals surface area contributed by atoms with Gasteiger partial charge in [-0.1, -0.05) is 35.9 Å². The van der Waals surface area contributed by atoms with Gasteiger partial charge in [-0.05, 0) is 41.8 Å². The maximum atomic E-state index is 11.9. The van der Waals surface area contributed by atoms with E-state index in [2.05, 4.69) is 5.32 Å². The van der Waals surface area contributed by atoms with Gasteiger partial charge in [0.05, 0.1) is 13.2 Å². The minimum atomic E-state index is -0.736. The summed E-state index contributed by atoms with van der Waals surface area (Å²) in [6.07, 6.45) is 0.277. The molecule has 5 heteroatoms. The lowest BCUT2D eigenvalue weighted by Gasteiger charge is -2.13. The molecule has 1 atom stereocenters. The van der Waals surface area contributed by atoms with Crippen molar-refractivity contribution in [1.82, 2.24) is 5.32 Å². The van der Waals surface area contributed by atoms with Gasteiger partial charge in [-0.3, -0.25) is 4.79 Å². The summed E-state index contributed by atoms with van der Waals surface area (Å²) in [4.78, 5) is 11.9. The molecule has 0 aromatic heterocycles. The molecule has 0 aliphatic rings. The van der Waals surface area contributed by atoms with Gasteiger partial charge in [0.1, 0.15) is 5.75 Å². The summed E-state index contributed by atoms with van der Waals surface area (Å²) < 4.78 is 5.07. The molecular formula is C18H20ClNO3. The fourth-order valence-corrected chi connectivity index (χ4v) is 2.28. The summed E-state index contributed by atoms with van der Waals surface area (Å²) in [5, 5.41) is 13.5. The zero-order chi connectivity index (χ0) is 16.7. The highest BCUT2D eigenvalue weighted by Crippen LogP contribution is 2.17. The Labute approximate surface area is 141 Å². The summed E-state index contributed by atoms with van der Waals surface area (Å²) in [6, 6.07) is 14.5. The molecule has 0 saturated heterocycles. The summed E-state index contributed by atoms with van der Waals surface area (Å²) >= 11 is 5.82. The van der Waals surface area contributed by atoms with Crippen molar-refractivity contribution in [2.75, 3.05) is 13.7 Å². The van der Waals surface area contributed by atoms with E-state index in [1.54, 1.807) is 31.4 Å². The van der Waals surface area contributed by atoms with E-state index in [0.29, 0.717) is 17.9 Å². The third kappa shape index (κ3) is 5.58. The van der Waals surface area contributed by atoms with E-state index in [9.17, 15) is 9.90 Å². The highest BCUT2D eigenvalue weighted by atomic mass is 35.5. The summed E-state index contributed by atoms with van der Waals surface area (Å²) in [5.74, 6) is 0.639. The summed E-state index contributed by atoms with van der Waals surface area (Å²) in [6.45, 7) is 0.186. The lowest BCUT2D eigenvalue weighted by Crippen LogP contribution is -2.28. The first-order chi connectivity index (χ1) is 11.1. The number of hydrogen-bond acceptors (Lipinski definition) is 3. The quantitative estimate of drug-likeness (QED) is 0.818. The van der Waals surface area contributed by atoms with Gasteiger partial charge in [0, 0.05) is 18.0 Å². The van der Waals surface area contributed by atoms with E-state index in [0.717, 1.165) is 16.9 Å². The zero-order valence-corrected chi connectivity index (χ0v) is 13.7. The molecule has 2 rings (SSSR count). The number of methoxy groups -OCH3 is 1. The number of nitrogens with one attached hydrogen (secondary N) is 1. The number of aryl methyl sites for hydroxylation is 1. The van der Waals surface area contributed by atoms with Crippen LogP contribution in [-0.2, 0) is 11.2 Å². The first-order valence-corrected chi connectivity index (χ1v) is 7.79. The van der Waals surface area contributed by atoms with Crippen molar-refractivity contribution in [2.24, 2.45) is 0 Å². The first-order valence-electron chi connectivity index (χ1n) is 7.41. The van der Waals surface area contributed by atoms with E-state index in [-0.39, 0.29) is 12.5 Å². The molecule has 2 aromatic carbocycles. The van der Waals surface area contributed by atoms with Crippen LogP contribution >= 0.6 is 11.6 Å². The molecule has 0 aliphatic carbocycles. The third-order valence-electron chi connectivity index (χ3n) is 3.55. The number of ether oxygens (including phenoxy) is 1. The smallest absolute Gasteiger partial charge is 0.220 e. The highest BCUT2D eigenvalue weighted by Gasteiger charge is 2.10. The minimum Gasteiger partial charge on any atom is -0.497 e. The van der Waals surface area contributed by atoms with Crippen LogP contribution < -0.4 is 10.1 Å².